The van der Waals surface area contributed by atoms with E-state index in [1.54, 1.807) is 11.8 Å². The number of rotatable bonds is 5. The molecule has 1 amide bonds. The largest absolute Gasteiger partial charge is 0.479 e. The standard InChI is InChI=1S/C11H20N2O4/c1-8(9(14)13-5-3-4-6-13)12-7-11(2,17)10(15)16/h8,12,17H,3-7H2,1-2H3,(H,15,16). The van der Waals surface area contributed by atoms with Gasteiger partial charge < -0.3 is 20.4 Å². The summed E-state index contributed by atoms with van der Waals surface area (Å²) < 4.78 is 0. The zero-order valence-corrected chi connectivity index (χ0v) is 10.3. The van der Waals surface area contributed by atoms with E-state index in [0.29, 0.717) is 0 Å². The zero-order chi connectivity index (χ0) is 13.1. The zero-order valence-electron chi connectivity index (χ0n) is 10.3. The van der Waals surface area contributed by atoms with E-state index >= 15 is 0 Å². The molecule has 6 heteroatoms. The number of nitrogens with zero attached hydrogens (tertiary/aromatic N) is 1. The maximum Gasteiger partial charge on any atom is 0.336 e. The van der Waals surface area contributed by atoms with E-state index in [-0.39, 0.29) is 12.5 Å². The summed E-state index contributed by atoms with van der Waals surface area (Å²) in [5.74, 6) is -1.34. The van der Waals surface area contributed by atoms with Crippen molar-refractivity contribution in [3.8, 4) is 0 Å². The molecule has 17 heavy (non-hydrogen) atoms. The third-order valence-corrected chi connectivity index (χ3v) is 3.00. The van der Waals surface area contributed by atoms with E-state index in [4.69, 9.17) is 5.11 Å². The first kappa shape index (κ1) is 13.9. The van der Waals surface area contributed by atoms with Gasteiger partial charge in [-0.25, -0.2) is 4.79 Å². The average molecular weight is 244 g/mol. The minimum absolute atomic E-state index is 0.0383. The highest BCUT2D eigenvalue weighted by molar-refractivity contribution is 5.82. The van der Waals surface area contributed by atoms with Crippen LogP contribution in [0.5, 0.6) is 0 Å². The number of likely N-dealkylation sites (tertiary alicyclic amines) is 1. The fourth-order valence-corrected chi connectivity index (χ4v) is 1.73. The third kappa shape index (κ3) is 3.67. The number of carboxylic acid groups (broad SMARTS) is 1. The molecule has 0 bridgehead atoms. The topological polar surface area (TPSA) is 89.9 Å². The van der Waals surface area contributed by atoms with E-state index in [2.05, 4.69) is 5.32 Å². The second-order valence-corrected chi connectivity index (χ2v) is 4.71. The lowest BCUT2D eigenvalue weighted by Gasteiger charge is -2.24. The molecule has 6 nitrogen and oxygen atoms in total. The van der Waals surface area contributed by atoms with Crippen LogP contribution in [0.25, 0.3) is 0 Å². The minimum atomic E-state index is -1.85. The summed E-state index contributed by atoms with van der Waals surface area (Å²) in [6.07, 6.45) is 2.04. The fourth-order valence-electron chi connectivity index (χ4n) is 1.73. The van der Waals surface area contributed by atoms with E-state index in [9.17, 15) is 14.7 Å². The normalized spacial score (nSPS) is 21.0. The molecule has 0 aromatic rings. The first-order valence-electron chi connectivity index (χ1n) is 5.82. The van der Waals surface area contributed by atoms with E-state index in [0.717, 1.165) is 25.9 Å². The summed E-state index contributed by atoms with van der Waals surface area (Å²) in [4.78, 5) is 24.3. The smallest absolute Gasteiger partial charge is 0.336 e. The number of aliphatic carboxylic acids is 1. The Hall–Kier alpha value is -1.14. The monoisotopic (exact) mass is 244 g/mol. The Morgan fingerprint density at radius 2 is 1.94 bits per heavy atom. The van der Waals surface area contributed by atoms with Gasteiger partial charge in [-0.05, 0) is 26.7 Å². The second kappa shape index (κ2) is 5.46. The first-order valence-corrected chi connectivity index (χ1v) is 5.82. The molecule has 1 heterocycles. The van der Waals surface area contributed by atoms with Crippen LogP contribution in [0.1, 0.15) is 26.7 Å². The third-order valence-electron chi connectivity index (χ3n) is 3.00. The quantitative estimate of drug-likeness (QED) is 0.602. The molecule has 1 aliphatic heterocycles. The van der Waals surface area contributed by atoms with E-state index < -0.39 is 17.6 Å². The maximum atomic E-state index is 11.9. The Kier molecular flexibility index (Phi) is 4.47. The molecule has 0 spiro atoms. The lowest BCUT2D eigenvalue weighted by atomic mass is 10.1. The number of carboxylic acids is 1. The SMILES string of the molecule is CC(NCC(C)(O)C(=O)O)C(=O)N1CCCC1. The van der Waals surface area contributed by atoms with Crippen LogP contribution in [-0.2, 0) is 9.59 Å². The van der Waals surface area contributed by atoms with Crippen LogP contribution in [0, 0.1) is 0 Å². The average Bonchev–Trinajstić information content (AvgIpc) is 2.78. The first-order chi connectivity index (χ1) is 7.84. The van der Waals surface area contributed by atoms with Gasteiger partial charge >= 0.3 is 5.97 Å². The molecule has 2 atom stereocenters. The summed E-state index contributed by atoms with van der Waals surface area (Å²) in [5.41, 5.74) is -1.85. The van der Waals surface area contributed by atoms with Crippen LogP contribution in [0.15, 0.2) is 0 Å². The summed E-state index contributed by atoms with van der Waals surface area (Å²) in [7, 11) is 0. The Morgan fingerprint density at radius 1 is 1.41 bits per heavy atom. The van der Waals surface area contributed by atoms with Crippen molar-refractivity contribution in [1.82, 2.24) is 10.2 Å². The van der Waals surface area contributed by atoms with Crippen LogP contribution < -0.4 is 5.32 Å². The van der Waals surface area contributed by atoms with Gasteiger partial charge in [0.05, 0.1) is 6.04 Å². The van der Waals surface area contributed by atoms with Gasteiger partial charge in [-0.3, -0.25) is 4.79 Å². The molecule has 0 aromatic carbocycles. The van der Waals surface area contributed by atoms with Crippen molar-refractivity contribution in [2.75, 3.05) is 19.6 Å². The Balaban J connectivity index is 2.41. The number of amides is 1. The van der Waals surface area contributed by atoms with Crippen LogP contribution in [0.4, 0.5) is 0 Å². The predicted molar refractivity (Wildman–Crippen MR) is 61.5 cm³/mol. The summed E-state index contributed by atoms with van der Waals surface area (Å²) in [5, 5.41) is 21.0. The van der Waals surface area contributed by atoms with Crippen LogP contribution in [0.2, 0.25) is 0 Å². The number of carbonyl (C=O) groups excluding carboxylic acids is 1. The molecule has 1 aliphatic rings. The van der Waals surface area contributed by atoms with Gasteiger partial charge in [0, 0.05) is 19.6 Å². The Labute approximate surface area is 101 Å². The molecule has 2 unspecified atom stereocenters. The summed E-state index contributed by atoms with van der Waals surface area (Å²) in [6, 6.07) is -0.473. The van der Waals surface area contributed by atoms with Crippen molar-refractivity contribution in [1.29, 1.82) is 0 Å². The summed E-state index contributed by atoms with van der Waals surface area (Å²) in [6.45, 7) is 4.26. The lowest BCUT2D eigenvalue weighted by Crippen LogP contribution is -2.51. The lowest BCUT2D eigenvalue weighted by molar-refractivity contribution is -0.156. The van der Waals surface area contributed by atoms with E-state index in [1.165, 1.54) is 6.92 Å². The molecule has 1 fully saturated rings. The van der Waals surface area contributed by atoms with Gasteiger partial charge in [0.2, 0.25) is 5.91 Å². The fraction of sp³-hybridized carbons (Fsp3) is 0.818. The van der Waals surface area contributed by atoms with Gasteiger partial charge in [-0.1, -0.05) is 0 Å². The van der Waals surface area contributed by atoms with Crippen molar-refractivity contribution >= 4 is 11.9 Å². The Bertz CT molecular complexity index is 298. The number of hydrogen-bond acceptors (Lipinski definition) is 4. The molecule has 98 valence electrons. The number of carbonyl (C=O) groups is 2. The highest BCUT2D eigenvalue weighted by atomic mass is 16.4. The number of aliphatic hydroxyl groups is 1. The Morgan fingerprint density at radius 3 is 2.41 bits per heavy atom. The van der Waals surface area contributed by atoms with Crippen LogP contribution in [0.3, 0.4) is 0 Å². The number of nitrogens with one attached hydrogen (secondary N) is 1. The van der Waals surface area contributed by atoms with Gasteiger partial charge in [-0.2, -0.15) is 0 Å². The molecule has 1 rings (SSSR count). The maximum absolute atomic E-state index is 11.9. The molecule has 1 saturated heterocycles. The van der Waals surface area contributed by atoms with Gasteiger partial charge in [0.1, 0.15) is 0 Å². The van der Waals surface area contributed by atoms with Crippen molar-refractivity contribution in [3.05, 3.63) is 0 Å². The van der Waals surface area contributed by atoms with Crippen molar-refractivity contribution < 1.29 is 19.8 Å². The predicted octanol–water partition coefficient (Wildman–Crippen LogP) is -0.577. The number of hydrogen-bond donors (Lipinski definition) is 3. The van der Waals surface area contributed by atoms with Crippen molar-refractivity contribution in [2.45, 2.75) is 38.3 Å². The van der Waals surface area contributed by atoms with E-state index in [1.807, 2.05) is 0 Å². The van der Waals surface area contributed by atoms with Crippen LogP contribution in [-0.4, -0.2) is 58.3 Å². The van der Waals surface area contributed by atoms with Gasteiger partial charge in [0.25, 0.3) is 0 Å². The minimum Gasteiger partial charge on any atom is -0.479 e. The molecule has 0 aliphatic carbocycles. The highest BCUT2D eigenvalue weighted by Gasteiger charge is 2.31. The summed E-state index contributed by atoms with van der Waals surface area (Å²) >= 11 is 0. The molecular weight excluding hydrogens is 224 g/mol. The molecular formula is C11H20N2O4. The molecule has 3 N–H and O–H groups in total. The van der Waals surface area contributed by atoms with Gasteiger partial charge in [0.15, 0.2) is 5.60 Å². The highest BCUT2D eigenvalue weighted by Crippen LogP contribution is 2.09. The van der Waals surface area contributed by atoms with Crippen molar-refractivity contribution in [3.63, 3.8) is 0 Å². The second-order valence-electron chi connectivity index (χ2n) is 4.71. The molecule has 0 aromatic heterocycles. The van der Waals surface area contributed by atoms with Gasteiger partial charge in [-0.15, -0.1) is 0 Å². The molecule has 0 radical (unpaired) electrons. The van der Waals surface area contributed by atoms with Crippen LogP contribution >= 0.6 is 0 Å². The molecule has 0 saturated carbocycles. The van der Waals surface area contributed by atoms with Crippen molar-refractivity contribution in [2.24, 2.45) is 0 Å².